The van der Waals surface area contributed by atoms with Gasteiger partial charge in [-0.3, -0.25) is 0 Å². The number of hydrogen-bond donors (Lipinski definition) is 1. The molecule has 0 amide bonds. The van der Waals surface area contributed by atoms with Gasteiger partial charge in [0.25, 0.3) is 0 Å². The van der Waals surface area contributed by atoms with Crippen LogP contribution in [0.5, 0.6) is 0 Å². The molecule has 0 atom stereocenters. The molecular weight excluding hydrogens is 188 g/mol. The second-order valence-corrected chi connectivity index (χ2v) is 4.66. The maximum atomic E-state index is 4.99. The molecule has 1 saturated carbocycles. The van der Waals surface area contributed by atoms with Gasteiger partial charge in [0.2, 0.25) is 0 Å². The molecule has 15 heavy (non-hydrogen) atoms. The summed E-state index contributed by atoms with van der Waals surface area (Å²) < 4.78 is 4.99. The molecule has 0 heterocycles. The number of rotatable bonds is 9. The Kier molecular flexibility index (Phi) is 6.98. The number of methoxy groups -OCH3 is 1. The van der Waals surface area contributed by atoms with E-state index in [0.717, 1.165) is 32.0 Å². The van der Waals surface area contributed by atoms with Gasteiger partial charge in [0.15, 0.2) is 0 Å². The van der Waals surface area contributed by atoms with Crippen molar-refractivity contribution < 1.29 is 4.74 Å². The van der Waals surface area contributed by atoms with Crippen LogP contribution in [0.3, 0.4) is 0 Å². The maximum absolute atomic E-state index is 4.99. The maximum Gasteiger partial charge on any atom is 0.0474 e. The highest BCUT2D eigenvalue weighted by Gasteiger charge is 2.18. The second-order valence-electron chi connectivity index (χ2n) is 4.66. The zero-order valence-corrected chi connectivity index (χ0v) is 10.3. The third kappa shape index (κ3) is 6.13. The molecule has 0 saturated heterocycles. The number of likely N-dealkylation sites (N-methyl/N-ethyl adjacent to an activating group) is 1. The molecule has 0 spiro atoms. The molecule has 90 valence electrons. The third-order valence-corrected chi connectivity index (χ3v) is 3.17. The first-order chi connectivity index (χ1) is 7.33. The summed E-state index contributed by atoms with van der Waals surface area (Å²) in [5, 5.41) is 3.44. The van der Waals surface area contributed by atoms with Gasteiger partial charge < -0.3 is 15.0 Å². The van der Waals surface area contributed by atoms with Crippen LogP contribution in [0.1, 0.15) is 25.7 Å². The fourth-order valence-corrected chi connectivity index (χ4v) is 1.94. The van der Waals surface area contributed by atoms with Gasteiger partial charge in [0.1, 0.15) is 0 Å². The van der Waals surface area contributed by atoms with E-state index in [2.05, 4.69) is 17.3 Å². The minimum atomic E-state index is 0.866. The summed E-state index contributed by atoms with van der Waals surface area (Å²) in [5.41, 5.74) is 0. The standard InChI is InChI=1S/C12H26N2O/c1-14(11-12-5-3-6-12)9-8-13-7-4-10-15-2/h12-13H,3-11H2,1-2H3. The lowest BCUT2D eigenvalue weighted by Gasteiger charge is -2.30. The van der Waals surface area contributed by atoms with E-state index in [-0.39, 0.29) is 0 Å². The lowest BCUT2D eigenvalue weighted by Crippen LogP contribution is -2.35. The zero-order valence-electron chi connectivity index (χ0n) is 10.3. The Hall–Kier alpha value is -0.120. The summed E-state index contributed by atoms with van der Waals surface area (Å²) in [6, 6.07) is 0. The van der Waals surface area contributed by atoms with Gasteiger partial charge in [-0.2, -0.15) is 0 Å². The lowest BCUT2D eigenvalue weighted by atomic mass is 9.85. The van der Waals surface area contributed by atoms with Crippen LogP contribution in [0.15, 0.2) is 0 Å². The van der Waals surface area contributed by atoms with E-state index >= 15 is 0 Å². The molecular formula is C12H26N2O. The fourth-order valence-electron chi connectivity index (χ4n) is 1.94. The third-order valence-electron chi connectivity index (χ3n) is 3.17. The van der Waals surface area contributed by atoms with Gasteiger partial charge in [-0.1, -0.05) is 6.42 Å². The predicted molar refractivity (Wildman–Crippen MR) is 64.2 cm³/mol. The summed E-state index contributed by atoms with van der Waals surface area (Å²) in [5.74, 6) is 0.989. The normalized spacial score (nSPS) is 17.0. The molecule has 1 aliphatic rings. The molecule has 1 fully saturated rings. The van der Waals surface area contributed by atoms with E-state index in [4.69, 9.17) is 4.74 Å². The van der Waals surface area contributed by atoms with Crippen LogP contribution >= 0.6 is 0 Å². The molecule has 0 aliphatic heterocycles. The zero-order chi connectivity index (χ0) is 10.9. The summed E-state index contributed by atoms with van der Waals surface area (Å²) in [4.78, 5) is 2.45. The Balaban J connectivity index is 1.81. The van der Waals surface area contributed by atoms with E-state index in [1.165, 1.54) is 32.4 Å². The first-order valence-electron chi connectivity index (χ1n) is 6.21. The molecule has 1 aliphatic carbocycles. The number of nitrogens with one attached hydrogen (secondary N) is 1. The van der Waals surface area contributed by atoms with Crippen LogP contribution < -0.4 is 5.32 Å². The van der Waals surface area contributed by atoms with Crippen molar-refractivity contribution in [1.29, 1.82) is 0 Å². The number of nitrogens with zero attached hydrogens (tertiary/aromatic N) is 1. The van der Waals surface area contributed by atoms with Crippen molar-refractivity contribution in [1.82, 2.24) is 10.2 Å². The van der Waals surface area contributed by atoms with Crippen molar-refractivity contribution in [2.75, 3.05) is 46.9 Å². The lowest BCUT2D eigenvalue weighted by molar-refractivity contribution is 0.191. The fraction of sp³-hybridized carbons (Fsp3) is 1.00. The Bertz CT molecular complexity index is 149. The Labute approximate surface area is 94.2 Å². The molecule has 0 bridgehead atoms. The number of hydrogen-bond acceptors (Lipinski definition) is 3. The quantitative estimate of drug-likeness (QED) is 0.586. The molecule has 0 aromatic heterocycles. The second kappa shape index (κ2) is 8.08. The molecule has 3 nitrogen and oxygen atoms in total. The van der Waals surface area contributed by atoms with Gasteiger partial charge in [-0.15, -0.1) is 0 Å². The average molecular weight is 214 g/mol. The van der Waals surface area contributed by atoms with Crippen LogP contribution in [0.4, 0.5) is 0 Å². The van der Waals surface area contributed by atoms with Crippen LogP contribution in [0, 0.1) is 5.92 Å². The predicted octanol–water partition coefficient (Wildman–Crippen LogP) is 1.34. The highest BCUT2D eigenvalue weighted by Crippen LogP contribution is 2.26. The average Bonchev–Trinajstić information content (AvgIpc) is 2.17. The van der Waals surface area contributed by atoms with E-state index in [1.807, 2.05) is 0 Å². The van der Waals surface area contributed by atoms with Crippen molar-refractivity contribution in [3.63, 3.8) is 0 Å². The van der Waals surface area contributed by atoms with Crippen LogP contribution in [-0.4, -0.2) is 51.8 Å². The van der Waals surface area contributed by atoms with E-state index in [1.54, 1.807) is 7.11 Å². The summed E-state index contributed by atoms with van der Waals surface area (Å²) in [6.07, 6.45) is 5.47. The first kappa shape index (κ1) is 12.9. The highest BCUT2D eigenvalue weighted by molar-refractivity contribution is 4.72. The van der Waals surface area contributed by atoms with Crippen molar-refractivity contribution >= 4 is 0 Å². The SMILES string of the molecule is COCCCNCCN(C)CC1CCC1. The minimum Gasteiger partial charge on any atom is -0.385 e. The Morgan fingerprint density at radius 1 is 1.33 bits per heavy atom. The monoisotopic (exact) mass is 214 g/mol. The minimum absolute atomic E-state index is 0.866. The van der Waals surface area contributed by atoms with Gasteiger partial charge in [0.05, 0.1) is 0 Å². The van der Waals surface area contributed by atoms with Crippen molar-refractivity contribution in [2.45, 2.75) is 25.7 Å². The van der Waals surface area contributed by atoms with Crippen LogP contribution in [0.2, 0.25) is 0 Å². The van der Waals surface area contributed by atoms with Crippen molar-refractivity contribution in [3.05, 3.63) is 0 Å². The molecule has 1 N–H and O–H groups in total. The van der Waals surface area contributed by atoms with Crippen LogP contribution in [-0.2, 0) is 4.74 Å². The summed E-state index contributed by atoms with van der Waals surface area (Å²) in [6.45, 7) is 5.51. The molecule has 3 heteroatoms. The number of ether oxygens (including phenoxy) is 1. The molecule has 0 unspecified atom stereocenters. The summed E-state index contributed by atoms with van der Waals surface area (Å²) in [7, 11) is 3.99. The topological polar surface area (TPSA) is 24.5 Å². The van der Waals surface area contributed by atoms with Gasteiger partial charge in [-0.05, 0) is 38.8 Å². The van der Waals surface area contributed by atoms with Crippen molar-refractivity contribution in [2.24, 2.45) is 5.92 Å². The molecule has 0 aromatic rings. The Morgan fingerprint density at radius 2 is 2.13 bits per heavy atom. The molecule has 0 aromatic carbocycles. The van der Waals surface area contributed by atoms with Crippen molar-refractivity contribution in [3.8, 4) is 0 Å². The molecule has 1 rings (SSSR count). The highest BCUT2D eigenvalue weighted by atomic mass is 16.5. The largest absolute Gasteiger partial charge is 0.385 e. The van der Waals surface area contributed by atoms with Gasteiger partial charge in [-0.25, -0.2) is 0 Å². The Morgan fingerprint density at radius 3 is 2.73 bits per heavy atom. The van der Waals surface area contributed by atoms with E-state index < -0.39 is 0 Å². The molecule has 0 radical (unpaired) electrons. The summed E-state index contributed by atoms with van der Waals surface area (Å²) >= 11 is 0. The van der Waals surface area contributed by atoms with Gasteiger partial charge in [0, 0.05) is 33.4 Å². The first-order valence-corrected chi connectivity index (χ1v) is 6.21. The van der Waals surface area contributed by atoms with Crippen LogP contribution in [0.25, 0.3) is 0 Å². The van der Waals surface area contributed by atoms with E-state index in [9.17, 15) is 0 Å². The smallest absolute Gasteiger partial charge is 0.0474 e. The van der Waals surface area contributed by atoms with Gasteiger partial charge >= 0.3 is 0 Å². The van der Waals surface area contributed by atoms with E-state index in [0.29, 0.717) is 0 Å².